The molecule has 0 bridgehead atoms. The number of carbonyl (C=O) groups is 1. The van der Waals surface area contributed by atoms with Crippen molar-refractivity contribution in [2.24, 2.45) is 0 Å². The molecule has 0 amide bonds. The van der Waals surface area contributed by atoms with Gasteiger partial charge in [-0.15, -0.1) is 0 Å². The van der Waals surface area contributed by atoms with Gasteiger partial charge in [0, 0.05) is 24.7 Å². The first-order valence-electron chi connectivity index (χ1n) is 5.45. The molecule has 90 valence electrons. The van der Waals surface area contributed by atoms with E-state index in [1.54, 1.807) is 41.9 Å². The predicted octanol–water partition coefficient (Wildman–Crippen LogP) is 1.11. The Balaban J connectivity index is 2.18. The molecular formula is C12H11N5O. The molecule has 18 heavy (non-hydrogen) atoms. The third-order valence-corrected chi connectivity index (χ3v) is 2.70. The standard InChI is InChI=1S/C12H11N5O/c1-8-7-10(13)17(15-8)12(18)9-3-2-5-16-6-4-14-11(9)16/h2-7H,13H2,1H3. The average Bonchev–Trinajstić information content (AvgIpc) is 2.94. The quantitative estimate of drug-likeness (QED) is 0.692. The molecular weight excluding hydrogens is 230 g/mol. The van der Waals surface area contributed by atoms with E-state index in [9.17, 15) is 4.79 Å². The maximum atomic E-state index is 12.4. The molecule has 0 aliphatic heterocycles. The number of hydrogen-bond donors (Lipinski definition) is 1. The second-order valence-electron chi connectivity index (χ2n) is 4.01. The molecule has 0 aliphatic rings. The van der Waals surface area contributed by atoms with Crippen molar-refractivity contribution in [1.82, 2.24) is 19.2 Å². The fraction of sp³-hybridized carbons (Fsp3) is 0.0833. The van der Waals surface area contributed by atoms with Gasteiger partial charge in [-0.05, 0) is 19.1 Å². The monoisotopic (exact) mass is 241 g/mol. The molecule has 0 saturated carbocycles. The molecule has 0 radical (unpaired) electrons. The van der Waals surface area contributed by atoms with E-state index in [0.29, 0.717) is 22.7 Å². The number of hydrogen-bond acceptors (Lipinski definition) is 4. The summed E-state index contributed by atoms with van der Waals surface area (Å²) in [5, 5.41) is 4.08. The zero-order valence-corrected chi connectivity index (χ0v) is 9.74. The number of pyridine rings is 1. The molecule has 0 unspecified atom stereocenters. The summed E-state index contributed by atoms with van der Waals surface area (Å²) in [4.78, 5) is 16.5. The Morgan fingerprint density at radius 2 is 2.22 bits per heavy atom. The van der Waals surface area contributed by atoms with Crippen LogP contribution in [0.25, 0.3) is 5.65 Å². The van der Waals surface area contributed by atoms with Crippen LogP contribution in [-0.2, 0) is 0 Å². The Labute approximate surface area is 103 Å². The number of nitrogens with zero attached hydrogens (tertiary/aromatic N) is 4. The SMILES string of the molecule is Cc1cc(N)n(C(=O)c2cccn3ccnc23)n1. The number of nitrogens with two attached hydrogens (primary N) is 1. The Morgan fingerprint density at radius 1 is 1.39 bits per heavy atom. The molecule has 3 heterocycles. The number of rotatable bonds is 1. The lowest BCUT2D eigenvalue weighted by Crippen LogP contribution is -2.17. The molecule has 0 aromatic carbocycles. The van der Waals surface area contributed by atoms with Crippen molar-refractivity contribution in [2.45, 2.75) is 6.92 Å². The molecule has 2 N–H and O–H groups in total. The molecule has 0 spiro atoms. The van der Waals surface area contributed by atoms with Gasteiger partial charge in [0.1, 0.15) is 11.5 Å². The van der Waals surface area contributed by atoms with Gasteiger partial charge in [-0.25, -0.2) is 4.98 Å². The maximum absolute atomic E-state index is 12.4. The average molecular weight is 241 g/mol. The number of anilines is 1. The predicted molar refractivity (Wildman–Crippen MR) is 66.3 cm³/mol. The molecule has 3 rings (SSSR count). The molecule has 0 aliphatic carbocycles. The fourth-order valence-electron chi connectivity index (χ4n) is 1.91. The van der Waals surface area contributed by atoms with Crippen molar-refractivity contribution in [3.8, 4) is 0 Å². The van der Waals surface area contributed by atoms with Gasteiger partial charge in [-0.3, -0.25) is 4.79 Å². The van der Waals surface area contributed by atoms with Crippen LogP contribution in [0.15, 0.2) is 36.8 Å². The first-order chi connectivity index (χ1) is 8.66. The summed E-state index contributed by atoms with van der Waals surface area (Å²) in [5.74, 6) is 0.0449. The molecule has 6 heteroatoms. The summed E-state index contributed by atoms with van der Waals surface area (Å²) in [6.07, 6.45) is 5.25. The van der Waals surface area contributed by atoms with Gasteiger partial charge in [0.25, 0.3) is 5.91 Å². The lowest BCUT2D eigenvalue weighted by molar-refractivity contribution is 0.0948. The van der Waals surface area contributed by atoms with E-state index < -0.39 is 0 Å². The maximum Gasteiger partial charge on any atom is 0.283 e. The molecule has 3 aromatic heterocycles. The van der Waals surface area contributed by atoms with Crippen molar-refractivity contribution in [3.05, 3.63) is 48.0 Å². The molecule has 6 nitrogen and oxygen atoms in total. The minimum atomic E-state index is -0.280. The second-order valence-corrected chi connectivity index (χ2v) is 4.01. The summed E-state index contributed by atoms with van der Waals surface area (Å²) < 4.78 is 2.97. The first-order valence-corrected chi connectivity index (χ1v) is 5.45. The van der Waals surface area contributed by atoms with E-state index in [4.69, 9.17) is 5.73 Å². The van der Waals surface area contributed by atoms with Crippen molar-refractivity contribution >= 4 is 17.4 Å². The second kappa shape index (κ2) is 3.69. The van der Waals surface area contributed by atoms with Crippen LogP contribution in [0.2, 0.25) is 0 Å². The highest BCUT2D eigenvalue weighted by atomic mass is 16.2. The molecule has 0 saturated heterocycles. The van der Waals surface area contributed by atoms with Gasteiger partial charge in [-0.1, -0.05) is 0 Å². The van der Waals surface area contributed by atoms with Crippen LogP contribution >= 0.6 is 0 Å². The normalized spacial score (nSPS) is 10.9. The highest BCUT2D eigenvalue weighted by molar-refractivity contribution is 6.02. The summed E-state index contributed by atoms with van der Waals surface area (Å²) in [7, 11) is 0. The number of nitrogen functional groups attached to an aromatic ring is 1. The number of aromatic nitrogens is 4. The number of aryl methyl sites for hydroxylation is 1. The third kappa shape index (κ3) is 1.46. The number of fused-ring (bicyclic) bond motifs is 1. The molecule has 0 atom stereocenters. The summed E-state index contributed by atoms with van der Waals surface area (Å²) in [5.41, 5.74) is 7.52. The van der Waals surface area contributed by atoms with Crippen LogP contribution in [0.1, 0.15) is 16.1 Å². The van der Waals surface area contributed by atoms with Gasteiger partial charge in [0.15, 0.2) is 0 Å². The van der Waals surface area contributed by atoms with E-state index in [2.05, 4.69) is 10.1 Å². The lowest BCUT2D eigenvalue weighted by atomic mass is 10.2. The van der Waals surface area contributed by atoms with Gasteiger partial charge >= 0.3 is 0 Å². The van der Waals surface area contributed by atoms with Crippen LogP contribution in [0.3, 0.4) is 0 Å². The molecule has 0 fully saturated rings. The van der Waals surface area contributed by atoms with Crippen LogP contribution in [0.5, 0.6) is 0 Å². The summed E-state index contributed by atoms with van der Waals surface area (Å²) >= 11 is 0. The number of carbonyl (C=O) groups excluding carboxylic acids is 1. The van der Waals surface area contributed by atoms with E-state index in [1.165, 1.54) is 4.68 Å². The minimum Gasteiger partial charge on any atom is -0.383 e. The number of imidazole rings is 1. The lowest BCUT2D eigenvalue weighted by Gasteiger charge is -2.04. The van der Waals surface area contributed by atoms with Gasteiger partial charge < -0.3 is 10.1 Å². The van der Waals surface area contributed by atoms with Gasteiger partial charge in [-0.2, -0.15) is 9.78 Å². The van der Waals surface area contributed by atoms with E-state index in [0.717, 1.165) is 0 Å². The topological polar surface area (TPSA) is 78.2 Å². The van der Waals surface area contributed by atoms with Gasteiger partial charge in [0.2, 0.25) is 0 Å². The highest BCUT2D eigenvalue weighted by Gasteiger charge is 2.16. The zero-order valence-electron chi connectivity index (χ0n) is 9.74. The van der Waals surface area contributed by atoms with E-state index in [-0.39, 0.29) is 5.91 Å². The van der Waals surface area contributed by atoms with Crippen molar-refractivity contribution in [2.75, 3.05) is 5.73 Å². The Hall–Kier alpha value is -2.63. The Bertz CT molecular complexity index is 740. The van der Waals surface area contributed by atoms with Crippen LogP contribution in [0.4, 0.5) is 5.82 Å². The van der Waals surface area contributed by atoms with Crippen molar-refractivity contribution in [1.29, 1.82) is 0 Å². The zero-order chi connectivity index (χ0) is 12.7. The van der Waals surface area contributed by atoms with Crippen LogP contribution < -0.4 is 5.73 Å². The van der Waals surface area contributed by atoms with Crippen LogP contribution in [-0.4, -0.2) is 25.1 Å². The van der Waals surface area contributed by atoms with E-state index in [1.807, 2.05) is 6.20 Å². The smallest absolute Gasteiger partial charge is 0.283 e. The fourth-order valence-corrected chi connectivity index (χ4v) is 1.91. The van der Waals surface area contributed by atoms with Crippen LogP contribution in [0, 0.1) is 6.92 Å². The van der Waals surface area contributed by atoms with Gasteiger partial charge in [0.05, 0.1) is 11.3 Å². The van der Waals surface area contributed by atoms with E-state index >= 15 is 0 Å². The largest absolute Gasteiger partial charge is 0.383 e. The third-order valence-electron chi connectivity index (χ3n) is 2.70. The Kier molecular flexibility index (Phi) is 2.16. The minimum absolute atomic E-state index is 0.280. The molecule has 3 aromatic rings. The van der Waals surface area contributed by atoms with Crippen molar-refractivity contribution in [3.63, 3.8) is 0 Å². The highest BCUT2D eigenvalue weighted by Crippen LogP contribution is 2.13. The first kappa shape index (κ1) is 10.5. The summed E-state index contributed by atoms with van der Waals surface area (Å²) in [6, 6.07) is 5.15. The van der Waals surface area contributed by atoms with Crippen molar-refractivity contribution < 1.29 is 4.79 Å². The summed E-state index contributed by atoms with van der Waals surface area (Å²) in [6.45, 7) is 1.79. The Morgan fingerprint density at radius 3 is 2.94 bits per heavy atom.